The first-order valence-corrected chi connectivity index (χ1v) is 6.29. The van der Waals surface area contributed by atoms with Crippen LogP contribution in [0.3, 0.4) is 0 Å². The van der Waals surface area contributed by atoms with Gasteiger partial charge in [0.15, 0.2) is 0 Å². The summed E-state index contributed by atoms with van der Waals surface area (Å²) in [7, 11) is 0. The molecule has 0 unspecified atom stereocenters. The number of anilines is 1. The Hall–Kier alpha value is -2.35. The van der Waals surface area contributed by atoms with Crippen molar-refractivity contribution in [2.24, 2.45) is 0 Å². The molecular weight excluding hydrogens is 240 g/mol. The van der Waals surface area contributed by atoms with Crippen molar-refractivity contribution in [3.63, 3.8) is 0 Å². The van der Waals surface area contributed by atoms with Crippen LogP contribution in [0.25, 0.3) is 11.5 Å². The lowest BCUT2D eigenvalue weighted by Crippen LogP contribution is -2.22. The largest absolute Gasteiger partial charge is 0.339 e. The molecule has 0 bridgehead atoms. The summed E-state index contributed by atoms with van der Waals surface area (Å²) in [5.41, 5.74) is 2.45. The van der Waals surface area contributed by atoms with Gasteiger partial charge >= 0.3 is 0 Å². The van der Waals surface area contributed by atoms with Crippen molar-refractivity contribution in [3.8, 4) is 17.5 Å². The van der Waals surface area contributed by atoms with E-state index in [9.17, 15) is 0 Å². The minimum absolute atomic E-state index is 0.490. The zero-order valence-electron chi connectivity index (χ0n) is 11.3. The molecule has 2 aromatic rings. The Labute approximate surface area is 112 Å². The predicted octanol–water partition coefficient (Wildman–Crippen LogP) is 2.76. The molecule has 2 rings (SSSR count). The van der Waals surface area contributed by atoms with E-state index in [2.05, 4.69) is 16.2 Å². The lowest BCUT2D eigenvalue weighted by atomic mass is 10.1. The van der Waals surface area contributed by atoms with Gasteiger partial charge in [-0.2, -0.15) is 10.2 Å². The number of nitrogens with zero attached hydrogens (tertiary/aromatic N) is 4. The summed E-state index contributed by atoms with van der Waals surface area (Å²) >= 11 is 0. The van der Waals surface area contributed by atoms with E-state index in [0.717, 1.165) is 24.2 Å². The van der Waals surface area contributed by atoms with Crippen LogP contribution in [0.5, 0.6) is 0 Å². The van der Waals surface area contributed by atoms with Crippen LogP contribution < -0.4 is 4.90 Å². The maximum atomic E-state index is 8.86. The fraction of sp³-hybridized carbons (Fsp3) is 0.357. The fourth-order valence-electron chi connectivity index (χ4n) is 1.93. The van der Waals surface area contributed by atoms with Gasteiger partial charge in [-0.3, -0.25) is 0 Å². The van der Waals surface area contributed by atoms with Gasteiger partial charge in [0.25, 0.3) is 11.8 Å². The highest BCUT2D eigenvalue weighted by molar-refractivity contribution is 5.61. The number of rotatable bonds is 4. The van der Waals surface area contributed by atoms with Crippen molar-refractivity contribution in [1.82, 2.24) is 10.1 Å². The van der Waals surface area contributed by atoms with Crippen LogP contribution in [0.4, 0.5) is 5.95 Å². The molecular formula is C14H16N4O. The lowest BCUT2D eigenvalue weighted by Gasteiger charge is -2.14. The molecule has 0 aliphatic carbocycles. The van der Waals surface area contributed by atoms with E-state index in [1.807, 2.05) is 37.8 Å². The minimum atomic E-state index is 0.490. The second-order valence-corrected chi connectivity index (χ2v) is 4.21. The first-order valence-electron chi connectivity index (χ1n) is 6.29. The highest BCUT2D eigenvalue weighted by Crippen LogP contribution is 2.24. The van der Waals surface area contributed by atoms with E-state index < -0.39 is 0 Å². The summed E-state index contributed by atoms with van der Waals surface area (Å²) in [6, 6.07) is 7.52. The van der Waals surface area contributed by atoms with E-state index >= 15 is 0 Å². The molecule has 0 fully saturated rings. The number of aromatic nitrogens is 2. The maximum absolute atomic E-state index is 8.86. The number of hydrogen-bond donors (Lipinski definition) is 0. The SMILES string of the molecule is CCN(CC)c1noc(-c2ccc(C#N)cc2C)n1. The van der Waals surface area contributed by atoms with Gasteiger partial charge in [-0.25, -0.2) is 0 Å². The molecule has 0 spiro atoms. The van der Waals surface area contributed by atoms with Gasteiger partial charge in [-0.05, 0) is 49.7 Å². The molecule has 0 aliphatic rings. The quantitative estimate of drug-likeness (QED) is 0.841. The molecule has 0 saturated carbocycles. The number of benzene rings is 1. The molecule has 19 heavy (non-hydrogen) atoms. The first kappa shape index (κ1) is 13.1. The van der Waals surface area contributed by atoms with Crippen LogP contribution in [0.15, 0.2) is 22.7 Å². The van der Waals surface area contributed by atoms with Crippen molar-refractivity contribution in [2.45, 2.75) is 20.8 Å². The molecule has 0 saturated heterocycles. The normalized spacial score (nSPS) is 10.2. The van der Waals surface area contributed by atoms with Gasteiger partial charge in [0.05, 0.1) is 11.6 Å². The van der Waals surface area contributed by atoms with Crippen molar-refractivity contribution < 1.29 is 4.52 Å². The van der Waals surface area contributed by atoms with Gasteiger partial charge in [-0.1, -0.05) is 0 Å². The van der Waals surface area contributed by atoms with Crippen LogP contribution in [-0.2, 0) is 0 Å². The van der Waals surface area contributed by atoms with Gasteiger partial charge in [0.2, 0.25) is 0 Å². The molecule has 0 amide bonds. The molecule has 0 N–H and O–H groups in total. The summed E-state index contributed by atoms with van der Waals surface area (Å²) < 4.78 is 5.30. The highest BCUT2D eigenvalue weighted by Gasteiger charge is 2.14. The molecule has 5 nitrogen and oxygen atoms in total. The second-order valence-electron chi connectivity index (χ2n) is 4.21. The lowest BCUT2D eigenvalue weighted by molar-refractivity contribution is 0.429. The summed E-state index contributed by atoms with van der Waals surface area (Å²) in [6.07, 6.45) is 0. The third-order valence-corrected chi connectivity index (χ3v) is 3.05. The molecule has 0 atom stereocenters. The Kier molecular flexibility index (Phi) is 3.81. The summed E-state index contributed by atoms with van der Waals surface area (Å²) in [5.74, 6) is 1.09. The molecule has 0 radical (unpaired) electrons. The molecule has 1 aromatic heterocycles. The molecule has 0 aliphatic heterocycles. The molecule has 5 heteroatoms. The van der Waals surface area contributed by atoms with Crippen LogP contribution in [0, 0.1) is 18.3 Å². The second kappa shape index (κ2) is 5.53. The van der Waals surface area contributed by atoms with Crippen LogP contribution >= 0.6 is 0 Å². The van der Waals surface area contributed by atoms with Crippen molar-refractivity contribution in [1.29, 1.82) is 5.26 Å². The summed E-state index contributed by atoms with van der Waals surface area (Å²) in [4.78, 5) is 6.42. The molecule has 1 aromatic carbocycles. The highest BCUT2D eigenvalue weighted by atomic mass is 16.5. The summed E-state index contributed by atoms with van der Waals surface area (Å²) in [5, 5.41) is 12.8. The first-order chi connectivity index (χ1) is 9.19. The topological polar surface area (TPSA) is 66.0 Å². The smallest absolute Gasteiger partial charge is 0.266 e. The zero-order chi connectivity index (χ0) is 13.8. The Morgan fingerprint density at radius 3 is 2.63 bits per heavy atom. The predicted molar refractivity (Wildman–Crippen MR) is 72.7 cm³/mol. The number of aryl methyl sites for hydroxylation is 1. The Morgan fingerprint density at radius 2 is 2.05 bits per heavy atom. The zero-order valence-corrected chi connectivity index (χ0v) is 11.3. The van der Waals surface area contributed by atoms with E-state index in [-0.39, 0.29) is 0 Å². The average Bonchev–Trinajstić information content (AvgIpc) is 2.89. The Bertz CT molecular complexity index is 608. The van der Waals surface area contributed by atoms with E-state index in [4.69, 9.17) is 9.78 Å². The van der Waals surface area contributed by atoms with Crippen molar-refractivity contribution in [2.75, 3.05) is 18.0 Å². The standard InChI is InChI=1S/C14H16N4O/c1-4-18(5-2)14-16-13(19-17-14)12-7-6-11(9-15)8-10(12)3/h6-8H,4-5H2,1-3H3. The third-order valence-electron chi connectivity index (χ3n) is 3.05. The fourth-order valence-corrected chi connectivity index (χ4v) is 1.93. The van der Waals surface area contributed by atoms with Crippen LogP contribution in [0.2, 0.25) is 0 Å². The van der Waals surface area contributed by atoms with E-state index in [0.29, 0.717) is 17.4 Å². The van der Waals surface area contributed by atoms with Crippen molar-refractivity contribution >= 4 is 5.95 Å². The number of hydrogen-bond acceptors (Lipinski definition) is 5. The molecule has 1 heterocycles. The Morgan fingerprint density at radius 1 is 1.32 bits per heavy atom. The summed E-state index contributed by atoms with van der Waals surface area (Å²) in [6.45, 7) is 7.69. The average molecular weight is 256 g/mol. The maximum Gasteiger partial charge on any atom is 0.266 e. The minimum Gasteiger partial charge on any atom is -0.339 e. The number of nitriles is 1. The van der Waals surface area contributed by atoms with Crippen LogP contribution in [0.1, 0.15) is 25.0 Å². The molecule has 98 valence electrons. The van der Waals surface area contributed by atoms with E-state index in [1.165, 1.54) is 0 Å². The van der Waals surface area contributed by atoms with Gasteiger partial charge in [-0.15, -0.1) is 0 Å². The van der Waals surface area contributed by atoms with Gasteiger partial charge in [0, 0.05) is 18.7 Å². The van der Waals surface area contributed by atoms with Crippen LogP contribution in [-0.4, -0.2) is 23.2 Å². The van der Waals surface area contributed by atoms with Gasteiger partial charge < -0.3 is 9.42 Å². The van der Waals surface area contributed by atoms with Gasteiger partial charge in [0.1, 0.15) is 0 Å². The Balaban J connectivity index is 2.36. The van der Waals surface area contributed by atoms with Crippen molar-refractivity contribution in [3.05, 3.63) is 29.3 Å². The van der Waals surface area contributed by atoms with E-state index in [1.54, 1.807) is 6.07 Å². The third kappa shape index (κ3) is 2.58. The monoisotopic (exact) mass is 256 g/mol.